The lowest BCUT2D eigenvalue weighted by atomic mass is 9.96. The average Bonchev–Trinajstić information content (AvgIpc) is 2.43. The second-order valence-corrected chi connectivity index (χ2v) is 5.48. The maximum Gasteiger partial charge on any atom is 0.123 e. The number of rotatable bonds is 3. The monoisotopic (exact) mass is 319 g/mol. The molecule has 19 heavy (non-hydrogen) atoms. The van der Waals surface area contributed by atoms with E-state index in [0.29, 0.717) is 0 Å². The maximum absolute atomic E-state index is 6.39. The van der Waals surface area contributed by atoms with Crippen LogP contribution >= 0.6 is 15.9 Å². The third-order valence-corrected chi connectivity index (χ3v) is 4.54. The molecular weight excluding hydrogens is 302 g/mol. The summed E-state index contributed by atoms with van der Waals surface area (Å²) in [5, 5.41) is 0. The highest BCUT2D eigenvalue weighted by Gasteiger charge is 2.15. The summed E-state index contributed by atoms with van der Waals surface area (Å²) in [6.45, 7) is 4.16. The smallest absolute Gasteiger partial charge is 0.123 e. The molecule has 1 atom stereocenters. The Labute approximate surface area is 122 Å². The van der Waals surface area contributed by atoms with Gasteiger partial charge in [-0.3, -0.25) is 0 Å². The van der Waals surface area contributed by atoms with Gasteiger partial charge in [-0.2, -0.15) is 0 Å². The topological polar surface area (TPSA) is 35.2 Å². The van der Waals surface area contributed by atoms with Crippen LogP contribution in [0.4, 0.5) is 0 Å². The molecular formula is C16H18BrNO. The van der Waals surface area contributed by atoms with Crippen LogP contribution in [0.3, 0.4) is 0 Å². The van der Waals surface area contributed by atoms with Gasteiger partial charge in [0.1, 0.15) is 5.75 Å². The number of methoxy groups -OCH3 is 1. The molecule has 0 aliphatic rings. The van der Waals surface area contributed by atoms with E-state index >= 15 is 0 Å². The van der Waals surface area contributed by atoms with Crippen LogP contribution in [0, 0.1) is 13.8 Å². The minimum absolute atomic E-state index is 0.179. The quantitative estimate of drug-likeness (QED) is 0.923. The van der Waals surface area contributed by atoms with Gasteiger partial charge in [0.15, 0.2) is 0 Å². The van der Waals surface area contributed by atoms with E-state index in [2.05, 4.69) is 41.9 Å². The summed E-state index contributed by atoms with van der Waals surface area (Å²) >= 11 is 3.58. The van der Waals surface area contributed by atoms with E-state index in [1.165, 1.54) is 11.1 Å². The van der Waals surface area contributed by atoms with Crippen LogP contribution in [0.5, 0.6) is 5.75 Å². The van der Waals surface area contributed by atoms with Crippen LogP contribution in [0.25, 0.3) is 0 Å². The molecule has 0 aromatic heterocycles. The average molecular weight is 320 g/mol. The largest absolute Gasteiger partial charge is 0.496 e. The van der Waals surface area contributed by atoms with E-state index in [1.807, 2.05) is 24.3 Å². The SMILES string of the molecule is COc1ccccc1C(N)c1cc(C)c(Br)c(C)c1. The van der Waals surface area contributed by atoms with Gasteiger partial charge in [0, 0.05) is 10.0 Å². The third kappa shape index (κ3) is 2.82. The second-order valence-electron chi connectivity index (χ2n) is 4.69. The fourth-order valence-corrected chi connectivity index (χ4v) is 2.49. The number of halogens is 1. The van der Waals surface area contributed by atoms with Crippen molar-refractivity contribution in [2.75, 3.05) is 7.11 Å². The molecule has 0 saturated carbocycles. The van der Waals surface area contributed by atoms with E-state index in [4.69, 9.17) is 10.5 Å². The van der Waals surface area contributed by atoms with E-state index in [-0.39, 0.29) is 6.04 Å². The predicted octanol–water partition coefficient (Wildman–Crippen LogP) is 4.12. The molecule has 3 heteroatoms. The summed E-state index contributed by atoms with van der Waals surface area (Å²) < 4.78 is 6.53. The molecule has 0 radical (unpaired) electrons. The van der Waals surface area contributed by atoms with Crippen molar-refractivity contribution in [1.29, 1.82) is 0 Å². The Hall–Kier alpha value is -1.32. The Bertz CT molecular complexity index is 572. The van der Waals surface area contributed by atoms with Crippen molar-refractivity contribution in [3.63, 3.8) is 0 Å². The fourth-order valence-electron chi connectivity index (χ4n) is 2.26. The second kappa shape index (κ2) is 5.76. The molecule has 1 unspecified atom stereocenters. The minimum Gasteiger partial charge on any atom is -0.496 e. The fraction of sp³-hybridized carbons (Fsp3) is 0.250. The van der Waals surface area contributed by atoms with Crippen LogP contribution in [0.2, 0.25) is 0 Å². The van der Waals surface area contributed by atoms with Crippen LogP contribution in [0.15, 0.2) is 40.9 Å². The Morgan fingerprint density at radius 3 is 2.26 bits per heavy atom. The van der Waals surface area contributed by atoms with Crippen molar-refractivity contribution in [1.82, 2.24) is 0 Å². The lowest BCUT2D eigenvalue weighted by molar-refractivity contribution is 0.408. The van der Waals surface area contributed by atoms with Crippen molar-refractivity contribution in [3.05, 3.63) is 63.1 Å². The number of para-hydroxylation sites is 1. The molecule has 2 aromatic carbocycles. The summed E-state index contributed by atoms with van der Waals surface area (Å²) in [7, 11) is 1.67. The molecule has 0 spiro atoms. The molecule has 0 heterocycles. The summed E-state index contributed by atoms with van der Waals surface area (Å²) in [4.78, 5) is 0. The van der Waals surface area contributed by atoms with Gasteiger partial charge < -0.3 is 10.5 Å². The highest BCUT2D eigenvalue weighted by molar-refractivity contribution is 9.10. The molecule has 0 saturated heterocycles. The summed E-state index contributed by atoms with van der Waals surface area (Å²) in [5.74, 6) is 0.827. The number of aryl methyl sites for hydroxylation is 2. The van der Waals surface area contributed by atoms with Crippen molar-refractivity contribution in [2.24, 2.45) is 5.73 Å². The molecule has 0 amide bonds. The lowest BCUT2D eigenvalue weighted by Gasteiger charge is -2.18. The maximum atomic E-state index is 6.39. The van der Waals surface area contributed by atoms with Gasteiger partial charge in [-0.15, -0.1) is 0 Å². The lowest BCUT2D eigenvalue weighted by Crippen LogP contribution is -2.13. The number of hydrogen-bond donors (Lipinski definition) is 1. The zero-order valence-corrected chi connectivity index (χ0v) is 13.0. The summed E-state index contributed by atoms with van der Waals surface area (Å²) in [5.41, 5.74) is 10.9. The van der Waals surface area contributed by atoms with Crippen molar-refractivity contribution in [2.45, 2.75) is 19.9 Å². The molecule has 0 aliphatic carbocycles. The van der Waals surface area contributed by atoms with Crippen molar-refractivity contribution in [3.8, 4) is 5.75 Å². The summed E-state index contributed by atoms with van der Waals surface area (Å²) in [6.07, 6.45) is 0. The van der Waals surface area contributed by atoms with Gasteiger partial charge in [0.05, 0.1) is 13.2 Å². The predicted molar refractivity (Wildman–Crippen MR) is 82.6 cm³/mol. The van der Waals surface area contributed by atoms with Gasteiger partial charge in [0.2, 0.25) is 0 Å². The molecule has 2 N–H and O–H groups in total. The Morgan fingerprint density at radius 2 is 1.68 bits per heavy atom. The molecule has 0 bridgehead atoms. The third-order valence-electron chi connectivity index (χ3n) is 3.29. The normalized spacial score (nSPS) is 12.3. The van der Waals surface area contributed by atoms with Gasteiger partial charge >= 0.3 is 0 Å². The number of benzene rings is 2. The van der Waals surface area contributed by atoms with Gasteiger partial charge in [0.25, 0.3) is 0 Å². The van der Waals surface area contributed by atoms with Crippen LogP contribution in [-0.4, -0.2) is 7.11 Å². The number of nitrogens with two attached hydrogens (primary N) is 1. The van der Waals surface area contributed by atoms with Crippen LogP contribution < -0.4 is 10.5 Å². The van der Waals surface area contributed by atoms with Gasteiger partial charge in [-0.25, -0.2) is 0 Å². The molecule has 2 nitrogen and oxygen atoms in total. The van der Waals surface area contributed by atoms with E-state index in [0.717, 1.165) is 21.3 Å². The molecule has 0 fully saturated rings. The highest BCUT2D eigenvalue weighted by Crippen LogP contribution is 2.31. The Balaban J connectivity index is 2.47. The van der Waals surface area contributed by atoms with Crippen LogP contribution in [0.1, 0.15) is 28.3 Å². The van der Waals surface area contributed by atoms with Gasteiger partial charge in [-0.1, -0.05) is 46.3 Å². The standard InChI is InChI=1S/C16H18BrNO/c1-10-8-12(9-11(2)15(10)17)16(18)13-6-4-5-7-14(13)19-3/h4-9,16H,18H2,1-3H3. The Kier molecular flexibility index (Phi) is 4.27. The molecule has 2 rings (SSSR count). The zero-order chi connectivity index (χ0) is 14.0. The first kappa shape index (κ1) is 14.1. The first-order chi connectivity index (χ1) is 9.04. The molecule has 0 aliphatic heterocycles. The summed E-state index contributed by atoms with van der Waals surface area (Å²) in [6, 6.07) is 11.9. The number of hydrogen-bond acceptors (Lipinski definition) is 2. The van der Waals surface area contributed by atoms with E-state index < -0.39 is 0 Å². The first-order valence-corrected chi connectivity index (χ1v) is 6.99. The van der Waals surface area contributed by atoms with E-state index in [1.54, 1.807) is 7.11 Å². The van der Waals surface area contributed by atoms with Crippen LogP contribution in [-0.2, 0) is 0 Å². The number of ether oxygens (including phenoxy) is 1. The van der Waals surface area contributed by atoms with E-state index in [9.17, 15) is 0 Å². The van der Waals surface area contributed by atoms with Crippen molar-refractivity contribution < 1.29 is 4.74 Å². The van der Waals surface area contributed by atoms with Crippen molar-refractivity contribution >= 4 is 15.9 Å². The molecule has 2 aromatic rings. The van der Waals surface area contributed by atoms with Gasteiger partial charge in [-0.05, 0) is 36.6 Å². The Morgan fingerprint density at radius 1 is 1.11 bits per heavy atom. The highest BCUT2D eigenvalue weighted by atomic mass is 79.9. The first-order valence-electron chi connectivity index (χ1n) is 6.19. The molecule has 100 valence electrons. The zero-order valence-electron chi connectivity index (χ0n) is 11.4. The minimum atomic E-state index is -0.179.